The van der Waals surface area contributed by atoms with Crippen molar-refractivity contribution >= 4 is 34.1 Å². The number of aryl methyl sites for hydroxylation is 1. The van der Waals surface area contributed by atoms with Gasteiger partial charge in [-0.25, -0.2) is 0 Å². The largest absolute Gasteiger partial charge is 0.311 e. The van der Waals surface area contributed by atoms with E-state index in [1.54, 1.807) is 5.56 Å². The van der Waals surface area contributed by atoms with E-state index in [4.69, 9.17) is 0 Å². The molecule has 0 atom stereocenters. The molecule has 0 aliphatic heterocycles. The lowest BCUT2D eigenvalue weighted by atomic mass is 9.51. The van der Waals surface area contributed by atoms with E-state index in [0.717, 1.165) is 46.4 Å². The number of hydrogen-bond acceptors (Lipinski definition) is 2. The molecule has 0 radical (unpaired) electrons. The summed E-state index contributed by atoms with van der Waals surface area (Å²) in [4.78, 5) is 4.84. The van der Waals surface area contributed by atoms with Gasteiger partial charge in [0.25, 0.3) is 0 Å². The Kier molecular flexibility index (Phi) is 11.5. The minimum atomic E-state index is -0.116. The first kappa shape index (κ1) is 46.3. The summed E-state index contributed by atoms with van der Waals surface area (Å²) >= 11 is 0. The molecule has 10 aromatic rings. The first-order valence-corrected chi connectivity index (χ1v) is 27.9. The van der Waals surface area contributed by atoms with Crippen molar-refractivity contribution < 1.29 is 0 Å². The highest BCUT2D eigenvalue weighted by atomic mass is 15.1. The zero-order chi connectivity index (χ0) is 50.9. The molecule has 2 nitrogen and oxygen atoms in total. The van der Waals surface area contributed by atoms with Crippen LogP contribution in [0.5, 0.6) is 0 Å². The smallest absolute Gasteiger partial charge is 0.0465 e. The average Bonchev–Trinajstić information content (AvgIpc) is 3.79. The van der Waals surface area contributed by atoms with Crippen LogP contribution in [0.15, 0.2) is 243 Å². The fraction of sp³-hybridized carbons (Fsp3) is 0.189. The van der Waals surface area contributed by atoms with Crippen molar-refractivity contribution in [1.29, 1.82) is 0 Å². The molecule has 4 bridgehead atoms. The number of anilines is 6. The third-order valence-corrected chi connectivity index (χ3v) is 18.1. The molecule has 0 N–H and O–H groups in total. The van der Waals surface area contributed by atoms with E-state index in [-0.39, 0.29) is 5.41 Å². The van der Waals surface area contributed by atoms with Crippen LogP contribution in [0, 0.1) is 30.6 Å². The molecule has 76 heavy (non-hydrogen) atoms. The third-order valence-electron chi connectivity index (χ3n) is 18.1. The molecule has 0 aromatic heterocycles. The SMILES string of the molecule is Cc1cccc2c1-c1ccc(N(c3ccc(-c4cc(-c5ccccc5)c(-c5ccc(N(c6ccccc6)c6ccccc6)cc5)cc4-c4ccccc4)cc3)c3ccc(C4C5CC6CC(C5)CC4C6)cc3)cc1C2(C)C. The Bertz CT molecular complexity index is 3640. The minimum absolute atomic E-state index is 0.116. The Morgan fingerprint density at radius 2 is 0.724 bits per heavy atom. The Hall–Kier alpha value is -8.20. The Morgan fingerprint density at radius 1 is 0.329 bits per heavy atom. The maximum Gasteiger partial charge on any atom is 0.0465 e. The van der Waals surface area contributed by atoms with E-state index in [1.165, 1.54) is 116 Å². The highest BCUT2D eigenvalue weighted by Gasteiger charge is 2.48. The quantitative estimate of drug-likeness (QED) is 0.127. The second-order valence-electron chi connectivity index (χ2n) is 23.0. The number of benzene rings is 10. The van der Waals surface area contributed by atoms with Crippen molar-refractivity contribution in [2.75, 3.05) is 9.80 Å². The molecule has 0 unspecified atom stereocenters. The number of nitrogens with zero attached hydrogens (tertiary/aromatic N) is 2. The summed E-state index contributed by atoms with van der Waals surface area (Å²) in [6.07, 6.45) is 7.22. The summed E-state index contributed by atoms with van der Waals surface area (Å²) < 4.78 is 0. The van der Waals surface area contributed by atoms with E-state index in [9.17, 15) is 0 Å². The molecule has 0 spiro atoms. The van der Waals surface area contributed by atoms with Gasteiger partial charge in [0.1, 0.15) is 0 Å². The molecule has 4 saturated carbocycles. The molecular weight excluding hydrogens is 917 g/mol. The van der Waals surface area contributed by atoms with Crippen LogP contribution in [0.4, 0.5) is 34.1 Å². The Balaban J connectivity index is 0.876. The number of hydrogen-bond donors (Lipinski definition) is 0. The van der Waals surface area contributed by atoms with Crippen molar-refractivity contribution in [2.45, 2.75) is 64.2 Å². The number of rotatable bonds is 11. The third kappa shape index (κ3) is 8.09. The second kappa shape index (κ2) is 18.9. The van der Waals surface area contributed by atoms with Crippen LogP contribution >= 0.6 is 0 Å². The number of fused-ring (bicyclic) bond motifs is 3. The van der Waals surface area contributed by atoms with Gasteiger partial charge in [-0.1, -0.05) is 172 Å². The van der Waals surface area contributed by atoms with Crippen molar-refractivity contribution in [3.05, 3.63) is 265 Å². The van der Waals surface area contributed by atoms with Crippen LogP contribution in [0.3, 0.4) is 0 Å². The van der Waals surface area contributed by atoms with Crippen molar-refractivity contribution in [2.24, 2.45) is 23.7 Å². The van der Waals surface area contributed by atoms with Gasteiger partial charge in [-0.05, 0) is 231 Å². The molecule has 0 amide bonds. The standard InChI is InChI=1S/C74H64N2/c1-49-17-16-26-70-72(49)65-40-39-64(46-71(65)74(70,2)3)76(63-37-31-56(32-38-63)73-57-42-50-41-51(44-57)45-58(73)43-50)62-35-29-55(30-36-62)69-48-66(52-18-8-4-9-19-52)68(47-67(69)53-20-10-5-11-21-53)54-27-33-61(34-28-54)75(59-22-12-6-13-23-59)60-24-14-7-15-25-60/h4-40,46-48,50-51,57-58,73H,41-45H2,1-3H3. The Morgan fingerprint density at radius 3 is 1.20 bits per heavy atom. The van der Waals surface area contributed by atoms with Gasteiger partial charge in [0.2, 0.25) is 0 Å². The van der Waals surface area contributed by atoms with Gasteiger partial charge in [0, 0.05) is 39.5 Å². The first-order chi connectivity index (χ1) is 37.3. The molecule has 5 aliphatic rings. The first-order valence-electron chi connectivity index (χ1n) is 27.9. The maximum atomic E-state index is 2.51. The molecule has 4 fully saturated rings. The summed E-state index contributed by atoms with van der Waals surface area (Å²) in [5, 5.41) is 0. The van der Waals surface area contributed by atoms with Crippen LogP contribution in [0.25, 0.3) is 55.6 Å². The predicted octanol–water partition coefficient (Wildman–Crippen LogP) is 20.4. The minimum Gasteiger partial charge on any atom is -0.311 e. The van der Waals surface area contributed by atoms with Crippen LogP contribution < -0.4 is 9.80 Å². The molecule has 370 valence electrons. The van der Waals surface area contributed by atoms with Crippen molar-refractivity contribution in [1.82, 2.24) is 0 Å². The lowest BCUT2D eigenvalue weighted by Crippen LogP contribution is -2.43. The molecule has 5 aliphatic carbocycles. The van der Waals surface area contributed by atoms with Crippen LogP contribution in [-0.2, 0) is 5.41 Å². The Labute approximate surface area is 450 Å². The van der Waals surface area contributed by atoms with Gasteiger partial charge in [-0.2, -0.15) is 0 Å². The number of para-hydroxylation sites is 2. The lowest BCUT2D eigenvalue weighted by Gasteiger charge is -2.54. The van der Waals surface area contributed by atoms with E-state index >= 15 is 0 Å². The summed E-state index contributed by atoms with van der Waals surface area (Å²) in [5.41, 5.74) is 24.8. The van der Waals surface area contributed by atoms with Crippen LogP contribution in [-0.4, -0.2) is 0 Å². The molecule has 0 heterocycles. The highest BCUT2D eigenvalue weighted by Crippen LogP contribution is 2.60. The predicted molar refractivity (Wildman–Crippen MR) is 320 cm³/mol. The van der Waals surface area contributed by atoms with Gasteiger partial charge in [-0.3, -0.25) is 0 Å². The maximum absolute atomic E-state index is 2.51. The fourth-order valence-electron chi connectivity index (χ4n) is 14.8. The second-order valence-corrected chi connectivity index (χ2v) is 23.0. The summed E-state index contributed by atoms with van der Waals surface area (Å²) in [5.74, 6) is 4.34. The fourth-order valence-corrected chi connectivity index (χ4v) is 14.8. The van der Waals surface area contributed by atoms with Gasteiger partial charge in [0.15, 0.2) is 0 Å². The molecular formula is C74H64N2. The summed E-state index contributed by atoms with van der Waals surface area (Å²) in [6, 6.07) is 90.5. The van der Waals surface area contributed by atoms with Crippen molar-refractivity contribution in [3.63, 3.8) is 0 Å². The summed E-state index contributed by atoms with van der Waals surface area (Å²) in [6.45, 7) is 7.07. The van der Waals surface area contributed by atoms with E-state index in [1.807, 2.05) is 0 Å². The van der Waals surface area contributed by atoms with Gasteiger partial charge < -0.3 is 9.80 Å². The molecule has 0 saturated heterocycles. The highest BCUT2D eigenvalue weighted by molar-refractivity contribution is 5.96. The normalized spacial score (nSPS) is 19.5. The van der Waals surface area contributed by atoms with Gasteiger partial charge >= 0.3 is 0 Å². The van der Waals surface area contributed by atoms with Crippen LogP contribution in [0.2, 0.25) is 0 Å². The van der Waals surface area contributed by atoms with Crippen LogP contribution in [0.1, 0.15) is 74.1 Å². The van der Waals surface area contributed by atoms with E-state index < -0.39 is 0 Å². The molecule has 2 heteroatoms. The molecule has 15 rings (SSSR count). The van der Waals surface area contributed by atoms with Crippen molar-refractivity contribution in [3.8, 4) is 55.6 Å². The zero-order valence-corrected chi connectivity index (χ0v) is 43.9. The van der Waals surface area contributed by atoms with E-state index in [2.05, 4.69) is 273 Å². The average molecular weight is 981 g/mol. The van der Waals surface area contributed by atoms with Gasteiger partial charge in [-0.15, -0.1) is 0 Å². The monoisotopic (exact) mass is 981 g/mol. The van der Waals surface area contributed by atoms with E-state index in [0.29, 0.717) is 5.92 Å². The van der Waals surface area contributed by atoms with Gasteiger partial charge in [0.05, 0.1) is 0 Å². The lowest BCUT2D eigenvalue weighted by molar-refractivity contribution is -0.00277. The topological polar surface area (TPSA) is 6.48 Å². The zero-order valence-electron chi connectivity index (χ0n) is 43.9. The molecule has 10 aromatic carbocycles. The summed E-state index contributed by atoms with van der Waals surface area (Å²) in [7, 11) is 0.